The largest absolute Gasteiger partial charge is 0.468 e. The van der Waals surface area contributed by atoms with Crippen LogP contribution in [0, 0.1) is 11.6 Å². The SMILES string of the molecule is CCN(Cc1ccco1)C(CN)c1cc(F)cc(F)c1. The second kappa shape index (κ2) is 6.63. The van der Waals surface area contributed by atoms with Gasteiger partial charge in [0.25, 0.3) is 0 Å². The molecule has 108 valence electrons. The van der Waals surface area contributed by atoms with Gasteiger partial charge in [0.2, 0.25) is 0 Å². The van der Waals surface area contributed by atoms with E-state index in [9.17, 15) is 8.78 Å². The van der Waals surface area contributed by atoms with Crippen LogP contribution in [0.2, 0.25) is 0 Å². The van der Waals surface area contributed by atoms with Crippen LogP contribution < -0.4 is 5.73 Å². The molecule has 1 aromatic heterocycles. The number of halogens is 2. The Morgan fingerprint density at radius 2 is 1.95 bits per heavy atom. The van der Waals surface area contributed by atoms with E-state index in [0.29, 0.717) is 18.7 Å². The molecule has 1 atom stereocenters. The Morgan fingerprint density at radius 3 is 2.45 bits per heavy atom. The van der Waals surface area contributed by atoms with Gasteiger partial charge in [0.1, 0.15) is 17.4 Å². The molecular weight excluding hydrogens is 262 g/mol. The van der Waals surface area contributed by atoms with Crippen LogP contribution in [-0.4, -0.2) is 18.0 Å². The van der Waals surface area contributed by atoms with E-state index in [0.717, 1.165) is 11.8 Å². The Labute approximate surface area is 117 Å². The zero-order valence-electron chi connectivity index (χ0n) is 11.4. The summed E-state index contributed by atoms with van der Waals surface area (Å²) in [6, 6.07) is 6.93. The molecule has 1 aromatic carbocycles. The fraction of sp³-hybridized carbons (Fsp3) is 0.333. The van der Waals surface area contributed by atoms with Crippen molar-refractivity contribution < 1.29 is 13.2 Å². The highest BCUT2D eigenvalue weighted by Crippen LogP contribution is 2.23. The molecule has 0 aliphatic carbocycles. The third kappa shape index (κ3) is 3.43. The molecule has 2 aromatic rings. The smallest absolute Gasteiger partial charge is 0.126 e. The minimum atomic E-state index is -0.590. The van der Waals surface area contributed by atoms with Crippen LogP contribution in [0.5, 0.6) is 0 Å². The highest BCUT2D eigenvalue weighted by atomic mass is 19.1. The van der Waals surface area contributed by atoms with Crippen molar-refractivity contribution in [2.45, 2.75) is 19.5 Å². The standard InChI is InChI=1S/C15H18F2N2O/c1-2-19(10-14-4-3-5-20-14)15(9-18)11-6-12(16)8-13(17)7-11/h3-8,15H,2,9-10,18H2,1H3. The van der Waals surface area contributed by atoms with E-state index in [1.807, 2.05) is 24.0 Å². The van der Waals surface area contributed by atoms with E-state index in [1.165, 1.54) is 12.1 Å². The molecule has 3 nitrogen and oxygen atoms in total. The Hall–Kier alpha value is -1.72. The number of furan rings is 1. The molecule has 0 aliphatic rings. The Bertz CT molecular complexity index is 523. The van der Waals surface area contributed by atoms with Gasteiger partial charge in [-0.25, -0.2) is 8.78 Å². The van der Waals surface area contributed by atoms with Gasteiger partial charge in [0.05, 0.1) is 12.8 Å². The monoisotopic (exact) mass is 280 g/mol. The molecule has 0 radical (unpaired) electrons. The molecule has 2 N–H and O–H groups in total. The van der Waals surface area contributed by atoms with Crippen molar-refractivity contribution in [1.82, 2.24) is 4.90 Å². The predicted molar refractivity (Wildman–Crippen MR) is 72.9 cm³/mol. The van der Waals surface area contributed by atoms with Crippen molar-refractivity contribution >= 4 is 0 Å². The molecule has 0 saturated carbocycles. The molecule has 0 amide bonds. The van der Waals surface area contributed by atoms with Crippen LogP contribution in [0.25, 0.3) is 0 Å². The van der Waals surface area contributed by atoms with Crippen molar-refractivity contribution in [2.24, 2.45) is 5.73 Å². The summed E-state index contributed by atoms with van der Waals surface area (Å²) >= 11 is 0. The lowest BCUT2D eigenvalue weighted by molar-refractivity contribution is 0.187. The summed E-state index contributed by atoms with van der Waals surface area (Å²) in [5, 5.41) is 0. The lowest BCUT2D eigenvalue weighted by atomic mass is 10.0. The number of benzene rings is 1. The average Bonchev–Trinajstić information content (AvgIpc) is 2.90. The van der Waals surface area contributed by atoms with E-state index in [1.54, 1.807) is 6.26 Å². The zero-order valence-corrected chi connectivity index (χ0v) is 11.4. The van der Waals surface area contributed by atoms with Gasteiger partial charge in [-0.2, -0.15) is 0 Å². The fourth-order valence-corrected chi connectivity index (χ4v) is 2.31. The van der Waals surface area contributed by atoms with Crippen LogP contribution >= 0.6 is 0 Å². The van der Waals surface area contributed by atoms with Crippen molar-refractivity contribution in [3.63, 3.8) is 0 Å². The summed E-state index contributed by atoms with van der Waals surface area (Å²) in [7, 11) is 0. The molecule has 0 fully saturated rings. The Balaban J connectivity index is 2.24. The molecule has 0 saturated heterocycles. The van der Waals surface area contributed by atoms with Gasteiger partial charge in [0, 0.05) is 18.7 Å². The van der Waals surface area contributed by atoms with Crippen LogP contribution in [0.4, 0.5) is 8.78 Å². The molecule has 1 heterocycles. The lowest BCUT2D eigenvalue weighted by Crippen LogP contribution is -2.33. The van der Waals surface area contributed by atoms with Crippen LogP contribution in [-0.2, 0) is 6.54 Å². The highest BCUT2D eigenvalue weighted by Gasteiger charge is 2.20. The van der Waals surface area contributed by atoms with Crippen LogP contribution in [0.15, 0.2) is 41.0 Å². The average molecular weight is 280 g/mol. The van der Waals surface area contributed by atoms with Gasteiger partial charge in [-0.15, -0.1) is 0 Å². The van der Waals surface area contributed by atoms with Gasteiger partial charge in [0.15, 0.2) is 0 Å². The third-order valence-electron chi connectivity index (χ3n) is 3.28. The summed E-state index contributed by atoms with van der Waals surface area (Å²) in [5.74, 6) is -0.387. The van der Waals surface area contributed by atoms with E-state index in [2.05, 4.69) is 0 Å². The number of hydrogen-bond acceptors (Lipinski definition) is 3. The fourth-order valence-electron chi connectivity index (χ4n) is 2.31. The van der Waals surface area contributed by atoms with Gasteiger partial charge in [-0.05, 0) is 36.4 Å². The first-order chi connectivity index (χ1) is 9.63. The maximum atomic E-state index is 13.4. The normalized spacial score (nSPS) is 12.8. The van der Waals surface area contributed by atoms with Gasteiger partial charge >= 0.3 is 0 Å². The van der Waals surface area contributed by atoms with Gasteiger partial charge in [-0.3, -0.25) is 4.90 Å². The quantitative estimate of drug-likeness (QED) is 0.884. The van der Waals surface area contributed by atoms with Crippen LogP contribution in [0.1, 0.15) is 24.3 Å². The summed E-state index contributed by atoms with van der Waals surface area (Å²) in [4.78, 5) is 2.02. The summed E-state index contributed by atoms with van der Waals surface area (Å²) in [6.45, 7) is 3.49. The Morgan fingerprint density at radius 1 is 1.25 bits per heavy atom. The Kier molecular flexibility index (Phi) is 4.87. The molecule has 0 spiro atoms. The van der Waals surface area contributed by atoms with Gasteiger partial charge in [-0.1, -0.05) is 6.92 Å². The highest BCUT2D eigenvalue weighted by molar-refractivity contribution is 5.22. The zero-order chi connectivity index (χ0) is 14.5. The second-order valence-corrected chi connectivity index (χ2v) is 4.60. The first kappa shape index (κ1) is 14.7. The van der Waals surface area contributed by atoms with Crippen molar-refractivity contribution in [3.8, 4) is 0 Å². The summed E-state index contributed by atoms with van der Waals surface area (Å²) in [6.07, 6.45) is 1.60. The number of likely N-dealkylation sites (N-methyl/N-ethyl adjacent to an activating group) is 1. The number of nitrogens with zero attached hydrogens (tertiary/aromatic N) is 1. The molecule has 0 bridgehead atoms. The van der Waals surface area contributed by atoms with Crippen molar-refractivity contribution in [1.29, 1.82) is 0 Å². The molecule has 0 aliphatic heterocycles. The maximum absolute atomic E-state index is 13.4. The molecule has 20 heavy (non-hydrogen) atoms. The van der Waals surface area contributed by atoms with Gasteiger partial charge < -0.3 is 10.2 Å². The molecular formula is C15H18F2N2O. The van der Waals surface area contributed by atoms with Crippen molar-refractivity contribution in [2.75, 3.05) is 13.1 Å². The first-order valence-electron chi connectivity index (χ1n) is 6.56. The minimum Gasteiger partial charge on any atom is -0.468 e. The minimum absolute atomic E-state index is 0.254. The van der Waals surface area contributed by atoms with E-state index < -0.39 is 11.6 Å². The summed E-state index contributed by atoms with van der Waals surface area (Å²) < 4.78 is 32.0. The van der Waals surface area contributed by atoms with E-state index in [-0.39, 0.29) is 12.6 Å². The first-order valence-corrected chi connectivity index (χ1v) is 6.56. The number of hydrogen-bond donors (Lipinski definition) is 1. The third-order valence-corrected chi connectivity index (χ3v) is 3.28. The van der Waals surface area contributed by atoms with Crippen molar-refractivity contribution in [3.05, 3.63) is 59.6 Å². The number of nitrogens with two attached hydrogens (primary N) is 1. The number of rotatable bonds is 6. The molecule has 2 rings (SSSR count). The maximum Gasteiger partial charge on any atom is 0.126 e. The molecule has 1 unspecified atom stereocenters. The second-order valence-electron chi connectivity index (χ2n) is 4.60. The van der Waals surface area contributed by atoms with E-state index in [4.69, 9.17) is 10.2 Å². The molecule has 5 heteroatoms. The lowest BCUT2D eigenvalue weighted by Gasteiger charge is -2.29. The summed E-state index contributed by atoms with van der Waals surface area (Å²) in [5.41, 5.74) is 6.33. The topological polar surface area (TPSA) is 42.4 Å². The van der Waals surface area contributed by atoms with E-state index >= 15 is 0 Å². The predicted octanol–water partition coefficient (Wildman–Crippen LogP) is 3.08. The van der Waals surface area contributed by atoms with Crippen LogP contribution in [0.3, 0.4) is 0 Å².